The van der Waals surface area contributed by atoms with Crippen molar-refractivity contribution in [2.75, 3.05) is 0 Å². The summed E-state index contributed by atoms with van der Waals surface area (Å²) in [5, 5.41) is 0. The maximum absolute atomic E-state index is 12.7. The molecule has 0 saturated heterocycles. The van der Waals surface area contributed by atoms with Crippen LogP contribution in [0.1, 0.15) is 12.8 Å². The fourth-order valence-corrected chi connectivity index (χ4v) is 1.14. The SMILES string of the molecule is Fc1ccc(OC2C[CH]C2)cc1F. The van der Waals surface area contributed by atoms with Crippen molar-refractivity contribution in [1.29, 1.82) is 0 Å². The van der Waals surface area contributed by atoms with Gasteiger partial charge in [0.25, 0.3) is 0 Å². The van der Waals surface area contributed by atoms with E-state index in [1.807, 2.05) is 0 Å². The zero-order valence-electron chi connectivity index (χ0n) is 6.97. The number of hydrogen-bond donors (Lipinski definition) is 0. The van der Waals surface area contributed by atoms with Gasteiger partial charge < -0.3 is 4.74 Å². The lowest BCUT2D eigenvalue weighted by molar-refractivity contribution is 0.157. The molecule has 1 nitrogen and oxygen atoms in total. The minimum atomic E-state index is -0.860. The first-order chi connectivity index (χ1) is 6.25. The Hall–Kier alpha value is -1.12. The van der Waals surface area contributed by atoms with E-state index in [2.05, 4.69) is 6.42 Å². The van der Waals surface area contributed by atoms with Crippen molar-refractivity contribution in [3.8, 4) is 5.75 Å². The van der Waals surface area contributed by atoms with Crippen LogP contribution in [0.4, 0.5) is 8.78 Å². The first-order valence-electron chi connectivity index (χ1n) is 4.19. The van der Waals surface area contributed by atoms with Gasteiger partial charge in [-0.1, -0.05) is 0 Å². The van der Waals surface area contributed by atoms with Crippen LogP contribution in [0.15, 0.2) is 18.2 Å². The van der Waals surface area contributed by atoms with Crippen LogP contribution in [0, 0.1) is 18.1 Å². The van der Waals surface area contributed by atoms with Crippen LogP contribution in [0.2, 0.25) is 0 Å². The van der Waals surface area contributed by atoms with Crippen molar-refractivity contribution in [1.82, 2.24) is 0 Å². The highest BCUT2D eigenvalue weighted by molar-refractivity contribution is 5.24. The number of hydrogen-bond acceptors (Lipinski definition) is 1. The van der Waals surface area contributed by atoms with E-state index in [4.69, 9.17) is 4.74 Å². The smallest absolute Gasteiger partial charge is 0.162 e. The molecule has 69 valence electrons. The number of rotatable bonds is 2. The van der Waals surface area contributed by atoms with Crippen molar-refractivity contribution in [3.63, 3.8) is 0 Å². The molecule has 1 aromatic carbocycles. The average Bonchev–Trinajstić information content (AvgIpc) is 2.04. The van der Waals surface area contributed by atoms with Gasteiger partial charge in [0.05, 0.1) is 6.10 Å². The van der Waals surface area contributed by atoms with E-state index in [-0.39, 0.29) is 6.10 Å². The summed E-state index contributed by atoms with van der Waals surface area (Å²) in [6, 6.07) is 3.59. The molecule has 0 aliphatic heterocycles. The second kappa shape index (κ2) is 3.32. The molecule has 1 fully saturated rings. The summed E-state index contributed by atoms with van der Waals surface area (Å²) >= 11 is 0. The molecule has 2 rings (SSSR count). The van der Waals surface area contributed by atoms with E-state index in [0.29, 0.717) is 5.75 Å². The van der Waals surface area contributed by atoms with Crippen LogP contribution in [-0.4, -0.2) is 6.10 Å². The topological polar surface area (TPSA) is 9.23 Å². The van der Waals surface area contributed by atoms with Crippen molar-refractivity contribution in [3.05, 3.63) is 36.3 Å². The lowest BCUT2D eigenvalue weighted by Gasteiger charge is -2.26. The first-order valence-corrected chi connectivity index (χ1v) is 4.19. The van der Waals surface area contributed by atoms with Crippen LogP contribution in [-0.2, 0) is 0 Å². The van der Waals surface area contributed by atoms with E-state index < -0.39 is 11.6 Å². The van der Waals surface area contributed by atoms with Crippen LogP contribution < -0.4 is 4.74 Å². The molecule has 0 aromatic heterocycles. The minimum Gasteiger partial charge on any atom is -0.490 e. The third kappa shape index (κ3) is 1.79. The third-order valence-electron chi connectivity index (χ3n) is 2.05. The van der Waals surface area contributed by atoms with Crippen molar-refractivity contribution in [2.24, 2.45) is 0 Å². The summed E-state index contributed by atoms with van der Waals surface area (Å²) in [5.41, 5.74) is 0. The van der Waals surface area contributed by atoms with E-state index >= 15 is 0 Å². The molecule has 1 saturated carbocycles. The molecular formula is C10H9F2O. The molecule has 0 N–H and O–H groups in total. The second-order valence-electron chi connectivity index (χ2n) is 3.08. The summed E-state index contributed by atoms with van der Waals surface area (Å²) in [4.78, 5) is 0. The lowest BCUT2D eigenvalue weighted by atomic mass is 9.96. The third-order valence-corrected chi connectivity index (χ3v) is 2.05. The Bertz CT molecular complexity index is 308. The molecule has 1 aliphatic rings. The molecule has 0 unspecified atom stereocenters. The molecule has 3 heteroatoms. The van der Waals surface area contributed by atoms with Gasteiger partial charge in [0.15, 0.2) is 11.6 Å². The summed E-state index contributed by atoms with van der Waals surface area (Å²) < 4.78 is 30.5. The van der Waals surface area contributed by atoms with Crippen LogP contribution in [0.25, 0.3) is 0 Å². The quantitative estimate of drug-likeness (QED) is 0.685. The average molecular weight is 183 g/mol. The minimum absolute atomic E-state index is 0.143. The van der Waals surface area contributed by atoms with Gasteiger partial charge in [-0.25, -0.2) is 8.78 Å². The van der Waals surface area contributed by atoms with Crippen LogP contribution >= 0.6 is 0 Å². The van der Waals surface area contributed by atoms with Crippen molar-refractivity contribution < 1.29 is 13.5 Å². The molecule has 0 amide bonds. The van der Waals surface area contributed by atoms with E-state index in [1.54, 1.807) is 0 Å². The second-order valence-corrected chi connectivity index (χ2v) is 3.08. The van der Waals surface area contributed by atoms with Gasteiger partial charge in [-0.15, -0.1) is 0 Å². The van der Waals surface area contributed by atoms with Gasteiger partial charge in [0.1, 0.15) is 5.75 Å². The summed E-state index contributed by atoms with van der Waals surface area (Å²) in [6.45, 7) is 0. The van der Waals surface area contributed by atoms with Gasteiger partial charge in [-0.3, -0.25) is 0 Å². The zero-order valence-corrected chi connectivity index (χ0v) is 6.97. The molecule has 0 spiro atoms. The van der Waals surface area contributed by atoms with Gasteiger partial charge in [-0.05, 0) is 31.4 Å². The normalized spacial score (nSPS) is 16.8. The Labute approximate surface area is 75.3 Å². The summed E-state index contributed by atoms with van der Waals surface area (Å²) in [5.74, 6) is -1.30. The number of halogens is 2. The molecule has 0 heterocycles. The Balaban J connectivity index is 2.07. The van der Waals surface area contributed by atoms with E-state index in [9.17, 15) is 8.78 Å². The maximum atomic E-state index is 12.7. The molecule has 1 radical (unpaired) electrons. The van der Waals surface area contributed by atoms with Crippen LogP contribution in [0.5, 0.6) is 5.75 Å². The van der Waals surface area contributed by atoms with Crippen LogP contribution in [0.3, 0.4) is 0 Å². The number of benzene rings is 1. The molecular weight excluding hydrogens is 174 g/mol. The fraction of sp³-hybridized carbons (Fsp3) is 0.300. The standard InChI is InChI=1S/C10H9F2O/c11-9-5-4-8(6-10(9)12)13-7-2-1-3-7/h1,4-7H,2-3H2. The highest BCUT2D eigenvalue weighted by Gasteiger charge is 2.19. The molecule has 0 bridgehead atoms. The van der Waals surface area contributed by atoms with Gasteiger partial charge >= 0.3 is 0 Å². The Morgan fingerprint density at radius 3 is 2.46 bits per heavy atom. The summed E-state index contributed by atoms with van der Waals surface area (Å²) in [6.07, 6.45) is 4.01. The lowest BCUT2D eigenvalue weighted by Crippen LogP contribution is -2.25. The highest BCUT2D eigenvalue weighted by atomic mass is 19.2. The monoisotopic (exact) mass is 183 g/mol. The van der Waals surface area contributed by atoms with Gasteiger partial charge in [-0.2, -0.15) is 0 Å². The predicted octanol–water partition coefficient (Wildman–Crippen LogP) is 2.71. The Morgan fingerprint density at radius 2 is 1.92 bits per heavy atom. The first kappa shape index (κ1) is 8.48. The summed E-state index contributed by atoms with van der Waals surface area (Å²) in [7, 11) is 0. The Kier molecular flexibility index (Phi) is 2.17. The fourth-order valence-electron chi connectivity index (χ4n) is 1.14. The van der Waals surface area contributed by atoms with E-state index in [0.717, 1.165) is 25.0 Å². The van der Waals surface area contributed by atoms with Gasteiger partial charge in [0.2, 0.25) is 0 Å². The van der Waals surface area contributed by atoms with E-state index in [1.165, 1.54) is 6.07 Å². The highest BCUT2D eigenvalue weighted by Crippen LogP contribution is 2.25. The van der Waals surface area contributed by atoms with Crippen molar-refractivity contribution in [2.45, 2.75) is 18.9 Å². The molecule has 0 atom stereocenters. The number of ether oxygens (including phenoxy) is 1. The zero-order chi connectivity index (χ0) is 9.26. The molecule has 1 aromatic rings. The Morgan fingerprint density at radius 1 is 1.15 bits per heavy atom. The largest absolute Gasteiger partial charge is 0.490 e. The van der Waals surface area contributed by atoms with Crippen molar-refractivity contribution >= 4 is 0 Å². The molecule has 1 aliphatic carbocycles. The van der Waals surface area contributed by atoms with Gasteiger partial charge in [0, 0.05) is 6.07 Å². The molecule has 13 heavy (non-hydrogen) atoms. The predicted molar refractivity (Wildman–Crippen MR) is 44.3 cm³/mol. The maximum Gasteiger partial charge on any atom is 0.162 e.